The number of hydrogen-bond acceptors (Lipinski definition) is 14. The Labute approximate surface area is 251 Å². The lowest BCUT2D eigenvalue weighted by Gasteiger charge is -2.41. The highest BCUT2D eigenvalue weighted by molar-refractivity contribution is 5.74. The molecule has 14 heteroatoms. The average Bonchev–Trinajstić information content (AvgIpc) is 2.91. The zero-order valence-corrected chi connectivity index (χ0v) is 24.9. The van der Waals surface area contributed by atoms with Crippen molar-refractivity contribution in [3.8, 4) is 5.75 Å². The van der Waals surface area contributed by atoms with Crippen molar-refractivity contribution in [1.82, 2.24) is 14.7 Å². The molecule has 5 unspecified atom stereocenters. The summed E-state index contributed by atoms with van der Waals surface area (Å²) in [6.07, 6.45) is 0.577. The van der Waals surface area contributed by atoms with E-state index in [4.69, 9.17) is 0 Å². The molecule has 242 valence electrons. The van der Waals surface area contributed by atoms with Gasteiger partial charge in [0.1, 0.15) is 5.75 Å². The summed E-state index contributed by atoms with van der Waals surface area (Å²) in [6, 6.07) is 1.59. The van der Waals surface area contributed by atoms with Crippen LogP contribution in [0.15, 0.2) is 24.3 Å². The molecule has 0 fully saturated rings. The SMILES string of the molecule is CCC(C)C(C(=O)[O-])N(CCN(CCN(CC(=O)[O-])C(C(=O)[O-])C(C)CC)C(Cc1ccc(O)cc1)C(=O)[O-])CC(=O)[O-]. The highest BCUT2D eigenvalue weighted by Gasteiger charge is 2.30. The van der Waals surface area contributed by atoms with Gasteiger partial charge in [0.05, 0.1) is 48.0 Å². The van der Waals surface area contributed by atoms with Crippen LogP contribution >= 0.6 is 0 Å². The number of carboxylic acids is 5. The molecule has 0 spiro atoms. The molecule has 1 N–H and O–H groups in total. The summed E-state index contributed by atoms with van der Waals surface area (Å²) in [5.41, 5.74) is 0.481. The number of phenols is 1. The largest absolute Gasteiger partial charge is 0.549 e. The monoisotopic (exact) mass is 606 g/mol. The molecule has 5 atom stereocenters. The van der Waals surface area contributed by atoms with E-state index in [1.165, 1.54) is 29.2 Å². The quantitative estimate of drug-likeness (QED) is 0.130. The van der Waals surface area contributed by atoms with Gasteiger partial charge in [-0.05, 0) is 36.0 Å². The van der Waals surface area contributed by atoms with Crippen molar-refractivity contribution < 1.29 is 54.6 Å². The zero-order valence-electron chi connectivity index (χ0n) is 24.9. The first-order valence-corrected chi connectivity index (χ1v) is 14.1. The van der Waals surface area contributed by atoms with Crippen LogP contribution in [0.5, 0.6) is 5.75 Å². The minimum Gasteiger partial charge on any atom is -0.549 e. The van der Waals surface area contributed by atoms with E-state index in [1.54, 1.807) is 27.7 Å². The van der Waals surface area contributed by atoms with Gasteiger partial charge in [-0.3, -0.25) is 14.7 Å². The van der Waals surface area contributed by atoms with Crippen molar-refractivity contribution in [2.75, 3.05) is 39.3 Å². The first-order chi connectivity index (χ1) is 20.1. The van der Waals surface area contributed by atoms with Crippen LogP contribution in [0.2, 0.25) is 0 Å². The first-order valence-electron chi connectivity index (χ1n) is 14.1. The number of rotatable bonds is 22. The van der Waals surface area contributed by atoms with E-state index in [9.17, 15) is 54.6 Å². The Morgan fingerprint density at radius 2 is 1.02 bits per heavy atom. The van der Waals surface area contributed by atoms with Crippen molar-refractivity contribution in [1.29, 1.82) is 0 Å². The third kappa shape index (κ3) is 12.2. The fourth-order valence-electron chi connectivity index (χ4n) is 5.05. The summed E-state index contributed by atoms with van der Waals surface area (Å²) >= 11 is 0. The molecule has 14 nitrogen and oxygen atoms in total. The number of benzene rings is 1. The Morgan fingerprint density at radius 3 is 1.33 bits per heavy atom. The van der Waals surface area contributed by atoms with Gasteiger partial charge in [0.2, 0.25) is 0 Å². The fourth-order valence-corrected chi connectivity index (χ4v) is 5.05. The summed E-state index contributed by atoms with van der Waals surface area (Å²) in [5, 5.41) is 69.0. The molecule has 1 rings (SSSR count). The van der Waals surface area contributed by atoms with Crippen LogP contribution in [0.4, 0.5) is 0 Å². The summed E-state index contributed by atoms with van der Waals surface area (Å²) in [6.45, 7) is 4.04. The number of carbonyl (C=O) groups excluding carboxylic acids is 5. The molecule has 0 aliphatic carbocycles. The van der Waals surface area contributed by atoms with Crippen LogP contribution in [0, 0.1) is 11.8 Å². The van der Waals surface area contributed by atoms with Crippen LogP contribution in [-0.4, -0.2) is 107 Å². The highest BCUT2D eigenvalue weighted by atomic mass is 16.4. The van der Waals surface area contributed by atoms with E-state index in [0.717, 1.165) is 9.80 Å². The number of aliphatic carboxylic acids is 5. The topological polar surface area (TPSA) is 231 Å². The zero-order chi connectivity index (χ0) is 32.9. The summed E-state index contributed by atoms with van der Waals surface area (Å²) < 4.78 is 0. The van der Waals surface area contributed by atoms with Crippen molar-refractivity contribution in [3.63, 3.8) is 0 Å². The molecular formula is C29H40N3O11-5. The maximum absolute atomic E-state index is 12.4. The molecule has 1 aromatic rings. The van der Waals surface area contributed by atoms with Crippen molar-refractivity contribution >= 4 is 29.8 Å². The third-order valence-corrected chi connectivity index (χ3v) is 7.73. The van der Waals surface area contributed by atoms with E-state index >= 15 is 0 Å². The van der Waals surface area contributed by atoms with Gasteiger partial charge in [0.15, 0.2) is 0 Å². The number of nitrogens with zero attached hydrogens (tertiary/aromatic N) is 3. The Bertz CT molecular complexity index is 1030. The number of carbonyl (C=O) groups is 5. The molecule has 0 aliphatic rings. The minimum absolute atomic E-state index is 0.0572. The molecule has 0 bridgehead atoms. The minimum atomic E-state index is -1.56. The van der Waals surface area contributed by atoms with Gasteiger partial charge in [-0.25, -0.2) is 0 Å². The van der Waals surface area contributed by atoms with E-state index in [0.29, 0.717) is 18.4 Å². The van der Waals surface area contributed by atoms with Crippen molar-refractivity contribution in [3.05, 3.63) is 29.8 Å². The average molecular weight is 607 g/mol. The fraction of sp³-hybridized carbons (Fsp3) is 0.621. The summed E-state index contributed by atoms with van der Waals surface area (Å²) in [5.74, 6) is -8.84. The lowest BCUT2D eigenvalue weighted by molar-refractivity contribution is -0.318. The molecule has 0 saturated carbocycles. The van der Waals surface area contributed by atoms with Gasteiger partial charge >= 0.3 is 0 Å². The molecule has 43 heavy (non-hydrogen) atoms. The Balaban J connectivity index is 3.49. The molecule has 0 radical (unpaired) electrons. The van der Waals surface area contributed by atoms with Gasteiger partial charge in [0, 0.05) is 39.3 Å². The number of carboxylic acid groups (broad SMARTS) is 5. The Kier molecular flexibility index (Phi) is 15.6. The summed E-state index contributed by atoms with van der Waals surface area (Å²) in [7, 11) is 0. The maximum atomic E-state index is 12.4. The molecular weight excluding hydrogens is 566 g/mol. The van der Waals surface area contributed by atoms with Crippen molar-refractivity contribution in [2.24, 2.45) is 11.8 Å². The standard InChI is InChI=1S/C29H45N3O11/c1-5-18(3)25(28(40)41)31(16-23(34)35)13-11-30(22(27(38)39)15-20-7-9-21(33)10-8-20)12-14-32(17-24(36)37)26(29(42)43)19(4)6-2/h7-10,18-19,22,25-26,33H,5-6,11-17H2,1-4H3,(H,34,35)(H,36,37)(H,38,39)(H,40,41)(H,42,43)/p-5. The van der Waals surface area contributed by atoms with Crippen LogP contribution in [0.1, 0.15) is 46.1 Å². The predicted octanol–water partition coefficient (Wildman–Crippen LogP) is -5.21. The highest BCUT2D eigenvalue weighted by Crippen LogP contribution is 2.19. The maximum Gasteiger partial charge on any atom is 0.115 e. The van der Waals surface area contributed by atoms with Crippen LogP contribution in [-0.2, 0) is 30.4 Å². The van der Waals surface area contributed by atoms with Gasteiger partial charge in [-0.1, -0.05) is 52.7 Å². The van der Waals surface area contributed by atoms with E-state index in [1.807, 2.05) is 0 Å². The Morgan fingerprint density at radius 1 is 0.651 bits per heavy atom. The second-order valence-corrected chi connectivity index (χ2v) is 10.7. The molecule has 0 aromatic heterocycles. The normalized spacial score (nSPS) is 15.1. The second-order valence-electron chi connectivity index (χ2n) is 10.7. The third-order valence-electron chi connectivity index (χ3n) is 7.73. The smallest absolute Gasteiger partial charge is 0.115 e. The van der Waals surface area contributed by atoms with Crippen LogP contribution < -0.4 is 25.5 Å². The Hall–Kier alpha value is -3.75. The second kappa shape index (κ2) is 18.0. The number of hydrogen-bond donors (Lipinski definition) is 1. The van der Waals surface area contributed by atoms with Gasteiger partial charge < -0.3 is 54.6 Å². The molecule has 1 aromatic carbocycles. The number of phenolic OH excluding ortho intramolecular Hbond substituents is 1. The number of aromatic hydroxyl groups is 1. The van der Waals surface area contributed by atoms with Crippen LogP contribution in [0.3, 0.4) is 0 Å². The summed E-state index contributed by atoms with van der Waals surface area (Å²) in [4.78, 5) is 63.0. The van der Waals surface area contributed by atoms with Crippen molar-refractivity contribution in [2.45, 2.75) is 65.1 Å². The first kappa shape index (κ1) is 37.3. The van der Waals surface area contributed by atoms with Gasteiger partial charge in [-0.15, -0.1) is 0 Å². The van der Waals surface area contributed by atoms with Crippen LogP contribution in [0.25, 0.3) is 0 Å². The molecule has 0 heterocycles. The predicted molar refractivity (Wildman–Crippen MR) is 142 cm³/mol. The van der Waals surface area contributed by atoms with Gasteiger partial charge in [0.25, 0.3) is 0 Å². The van der Waals surface area contributed by atoms with E-state index in [2.05, 4.69) is 0 Å². The lowest BCUT2D eigenvalue weighted by Crippen LogP contribution is -2.59. The van der Waals surface area contributed by atoms with E-state index in [-0.39, 0.29) is 38.3 Å². The molecule has 0 aliphatic heterocycles. The van der Waals surface area contributed by atoms with E-state index < -0.39 is 72.9 Å². The lowest BCUT2D eigenvalue weighted by atomic mass is 9.97. The molecule has 0 saturated heterocycles. The molecule has 0 amide bonds. The van der Waals surface area contributed by atoms with Gasteiger partial charge in [-0.2, -0.15) is 0 Å².